The molecule has 0 amide bonds. The third kappa shape index (κ3) is 3.78. The van der Waals surface area contributed by atoms with E-state index >= 15 is 0 Å². The molecule has 1 aromatic rings. The van der Waals surface area contributed by atoms with E-state index in [1.807, 2.05) is 0 Å². The lowest BCUT2D eigenvalue weighted by Gasteiger charge is -2.39. The largest absolute Gasteiger partial charge is 0.382 e. The second kappa shape index (κ2) is 6.51. The summed E-state index contributed by atoms with van der Waals surface area (Å²) in [4.78, 5) is 0. The average molecular weight is 338 g/mol. The fraction of sp³-hybridized carbons (Fsp3) is 0.667. The zero-order valence-electron chi connectivity index (χ0n) is 13.3. The van der Waals surface area contributed by atoms with Crippen LogP contribution in [0.1, 0.15) is 58.4 Å². The van der Waals surface area contributed by atoms with Crippen LogP contribution < -0.4 is 5.32 Å². The van der Waals surface area contributed by atoms with Gasteiger partial charge in [0.05, 0.1) is 0 Å². The van der Waals surface area contributed by atoms with Gasteiger partial charge in [0.15, 0.2) is 0 Å². The van der Waals surface area contributed by atoms with Crippen LogP contribution in [0.25, 0.3) is 0 Å². The fourth-order valence-corrected chi connectivity index (χ4v) is 3.61. The van der Waals surface area contributed by atoms with Crippen LogP contribution in [-0.4, -0.2) is 6.04 Å². The number of hydrogen-bond donors (Lipinski definition) is 1. The molecule has 1 aliphatic rings. The molecule has 0 heterocycles. The molecule has 0 bridgehead atoms. The maximum Gasteiger partial charge on any atom is 0.0353 e. The Morgan fingerprint density at radius 1 is 1.20 bits per heavy atom. The van der Waals surface area contributed by atoms with Gasteiger partial charge in [0.1, 0.15) is 0 Å². The Kier molecular flexibility index (Phi) is 5.17. The highest BCUT2D eigenvalue weighted by atomic mass is 79.9. The molecule has 2 heteroatoms. The summed E-state index contributed by atoms with van der Waals surface area (Å²) in [6, 6.07) is 7.23. The molecule has 1 aliphatic carbocycles. The Morgan fingerprint density at radius 3 is 2.40 bits per heavy atom. The first-order valence-corrected chi connectivity index (χ1v) is 8.74. The van der Waals surface area contributed by atoms with Crippen molar-refractivity contribution in [2.75, 3.05) is 5.32 Å². The van der Waals surface area contributed by atoms with Gasteiger partial charge in [-0.15, -0.1) is 0 Å². The molecular formula is C18H28BrN. The van der Waals surface area contributed by atoms with Crippen molar-refractivity contribution in [1.29, 1.82) is 0 Å². The van der Waals surface area contributed by atoms with Crippen LogP contribution in [0.3, 0.4) is 0 Å². The molecule has 20 heavy (non-hydrogen) atoms. The van der Waals surface area contributed by atoms with Gasteiger partial charge in [0.25, 0.3) is 0 Å². The topological polar surface area (TPSA) is 12.0 Å². The Bertz CT molecular complexity index is 445. The van der Waals surface area contributed by atoms with E-state index in [1.54, 1.807) is 0 Å². The molecule has 0 spiro atoms. The maximum absolute atomic E-state index is 3.71. The Balaban J connectivity index is 1.90. The number of anilines is 1. The van der Waals surface area contributed by atoms with Gasteiger partial charge in [-0.1, -0.05) is 49.2 Å². The lowest BCUT2D eigenvalue weighted by molar-refractivity contribution is 0.147. The van der Waals surface area contributed by atoms with Gasteiger partial charge >= 0.3 is 0 Å². The van der Waals surface area contributed by atoms with Crippen LogP contribution in [-0.2, 0) is 0 Å². The van der Waals surface area contributed by atoms with E-state index in [0.29, 0.717) is 11.5 Å². The van der Waals surface area contributed by atoms with E-state index in [4.69, 9.17) is 0 Å². The van der Waals surface area contributed by atoms with Crippen molar-refractivity contribution >= 4 is 21.6 Å². The Labute approximate surface area is 132 Å². The molecule has 1 N–H and O–H groups in total. The van der Waals surface area contributed by atoms with Crippen molar-refractivity contribution in [2.45, 2.75) is 65.8 Å². The van der Waals surface area contributed by atoms with E-state index < -0.39 is 0 Å². The predicted octanol–water partition coefficient (Wildman–Crippen LogP) is 6.16. The zero-order valence-corrected chi connectivity index (χ0v) is 14.9. The number of rotatable bonds is 4. The van der Waals surface area contributed by atoms with Crippen LogP contribution in [0.15, 0.2) is 22.7 Å². The minimum atomic E-state index is 0.512. The molecule has 0 aliphatic heterocycles. The summed E-state index contributed by atoms with van der Waals surface area (Å²) in [5, 5.41) is 3.71. The molecule has 1 fully saturated rings. The first kappa shape index (κ1) is 15.9. The summed E-state index contributed by atoms with van der Waals surface area (Å²) in [6.07, 6.45) is 6.64. The highest BCUT2D eigenvalue weighted by molar-refractivity contribution is 9.10. The van der Waals surface area contributed by atoms with Crippen molar-refractivity contribution in [3.8, 4) is 0 Å². The summed E-state index contributed by atoms with van der Waals surface area (Å²) in [7, 11) is 0. The predicted molar refractivity (Wildman–Crippen MR) is 92.3 cm³/mol. The number of halogens is 1. The summed E-state index contributed by atoms with van der Waals surface area (Å²) >= 11 is 3.62. The third-order valence-corrected chi connectivity index (χ3v) is 6.14. The normalized spacial score (nSPS) is 23.6. The molecule has 2 rings (SSSR count). The standard InChI is InChI=1S/C18H28BrN/c1-5-18(3,4)14-7-10-15(11-8-14)20-16-9-6-13(2)17(19)12-16/h6,9,12,14-15,20H,5,7-8,10-11H2,1-4H3. The number of nitrogens with one attached hydrogen (secondary N) is 1. The van der Waals surface area contributed by atoms with Gasteiger partial charge in [0, 0.05) is 16.2 Å². The third-order valence-electron chi connectivity index (χ3n) is 5.29. The average Bonchev–Trinajstić information content (AvgIpc) is 2.43. The van der Waals surface area contributed by atoms with Crippen LogP contribution in [0.4, 0.5) is 5.69 Å². The minimum Gasteiger partial charge on any atom is -0.382 e. The first-order valence-electron chi connectivity index (χ1n) is 7.95. The van der Waals surface area contributed by atoms with Gasteiger partial charge < -0.3 is 5.32 Å². The summed E-state index contributed by atoms with van der Waals surface area (Å²) < 4.78 is 1.20. The molecule has 0 radical (unpaired) electrons. The molecule has 0 aromatic heterocycles. The van der Waals surface area contributed by atoms with Gasteiger partial charge in [-0.3, -0.25) is 0 Å². The van der Waals surface area contributed by atoms with Gasteiger partial charge in [-0.25, -0.2) is 0 Å². The molecule has 0 unspecified atom stereocenters. The molecular weight excluding hydrogens is 310 g/mol. The number of benzene rings is 1. The van der Waals surface area contributed by atoms with Crippen molar-refractivity contribution in [2.24, 2.45) is 11.3 Å². The van der Waals surface area contributed by atoms with Gasteiger partial charge in [0.2, 0.25) is 0 Å². The van der Waals surface area contributed by atoms with E-state index in [1.165, 1.54) is 47.8 Å². The molecule has 0 saturated heterocycles. The zero-order chi connectivity index (χ0) is 14.8. The lowest BCUT2D eigenvalue weighted by atomic mass is 9.69. The van der Waals surface area contributed by atoms with E-state index in [0.717, 1.165) is 5.92 Å². The van der Waals surface area contributed by atoms with Gasteiger partial charge in [-0.05, 0) is 61.6 Å². The van der Waals surface area contributed by atoms with E-state index in [-0.39, 0.29) is 0 Å². The minimum absolute atomic E-state index is 0.512. The van der Waals surface area contributed by atoms with Gasteiger partial charge in [-0.2, -0.15) is 0 Å². The second-order valence-electron chi connectivity index (χ2n) is 7.00. The SMILES string of the molecule is CCC(C)(C)C1CCC(Nc2ccc(C)c(Br)c2)CC1. The molecule has 112 valence electrons. The number of aryl methyl sites for hydroxylation is 1. The second-order valence-corrected chi connectivity index (χ2v) is 7.85. The van der Waals surface area contributed by atoms with Crippen LogP contribution in [0, 0.1) is 18.3 Å². The maximum atomic E-state index is 3.71. The molecule has 0 atom stereocenters. The number of hydrogen-bond acceptors (Lipinski definition) is 1. The van der Waals surface area contributed by atoms with Crippen molar-refractivity contribution in [1.82, 2.24) is 0 Å². The molecule has 1 nitrogen and oxygen atoms in total. The summed E-state index contributed by atoms with van der Waals surface area (Å²) in [5.74, 6) is 0.898. The van der Waals surface area contributed by atoms with E-state index in [9.17, 15) is 0 Å². The van der Waals surface area contributed by atoms with Crippen LogP contribution in [0.2, 0.25) is 0 Å². The fourth-order valence-electron chi connectivity index (χ4n) is 3.23. The highest BCUT2D eigenvalue weighted by Gasteiger charge is 2.31. The summed E-state index contributed by atoms with van der Waals surface area (Å²) in [6.45, 7) is 9.32. The van der Waals surface area contributed by atoms with Crippen LogP contribution in [0.5, 0.6) is 0 Å². The van der Waals surface area contributed by atoms with Crippen molar-refractivity contribution < 1.29 is 0 Å². The van der Waals surface area contributed by atoms with E-state index in [2.05, 4.69) is 67.1 Å². The molecule has 1 saturated carbocycles. The van der Waals surface area contributed by atoms with Crippen molar-refractivity contribution in [3.63, 3.8) is 0 Å². The monoisotopic (exact) mass is 337 g/mol. The van der Waals surface area contributed by atoms with Crippen molar-refractivity contribution in [3.05, 3.63) is 28.2 Å². The van der Waals surface area contributed by atoms with Crippen LogP contribution >= 0.6 is 15.9 Å². The smallest absolute Gasteiger partial charge is 0.0353 e. The first-order chi connectivity index (χ1) is 9.42. The quantitative estimate of drug-likeness (QED) is 0.693. The highest BCUT2D eigenvalue weighted by Crippen LogP contribution is 2.41. The molecule has 1 aromatic carbocycles. The Hall–Kier alpha value is -0.500. The Morgan fingerprint density at radius 2 is 1.85 bits per heavy atom. The summed E-state index contributed by atoms with van der Waals surface area (Å²) in [5.41, 5.74) is 3.06. The lowest BCUT2D eigenvalue weighted by Crippen LogP contribution is -2.32.